The van der Waals surface area contributed by atoms with Gasteiger partial charge in [0.25, 0.3) is 0 Å². The van der Waals surface area contributed by atoms with Gasteiger partial charge in [-0.3, -0.25) is 9.59 Å². The normalized spacial score (nSPS) is 21.9. The second-order valence-electron chi connectivity index (χ2n) is 4.76. The molecule has 112 valence electrons. The van der Waals surface area contributed by atoms with E-state index in [0.717, 1.165) is 4.88 Å². The van der Waals surface area contributed by atoms with Crippen molar-refractivity contribution in [3.63, 3.8) is 0 Å². The Labute approximate surface area is 126 Å². The van der Waals surface area contributed by atoms with Crippen molar-refractivity contribution < 1.29 is 24.4 Å². The maximum absolute atomic E-state index is 11.9. The van der Waals surface area contributed by atoms with Crippen molar-refractivity contribution in [2.45, 2.75) is 31.3 Å². The number of thiophene rings is 1. The number of hydrogen-bond acceptors (Lipinski definition) is 5. The zero-order valence-corrected chi connectivity index (χ0v) is 12.1. The van der Waals surface area contributed by atoms with Gasteiger partial charge in [-0.05, 0) is 17.9 Å². The first-order valence-electron chi connectivity index (χ1n) is 6.58. The highest BCUT2D eigenvalue weighted by Crippen LogP contribution is 2.13. The van der Waals surface area contributed by atoms with Crippen LogP contribution in [0.15, 0.2) is 29.7 Å². The van der Waals surface area contributed by atoms with Gasteiger partial charge in [0.1, 0.15) is 0 Å². The summed E-state index contributed by atoms with van der Waals surface area (Å²) in [6.45, 7) is 0. The summed E-state index contributed by atoms with van der Waals surface area (Å²) in [6, 6.07) is 3.74. The maximum Gasteiger partial charge on any atom is 0.478 e. The quantitative estimate of drug-likeness (QED) is 0.547. The highest BCUT2D eigenvalue weighted by Gasteiger charge is 2.32. The van der Waals surface area contributed by atoms with Crippen LogP contribution in [0.5, 0.6) is 0 Å². The van der Waals surface area contributed by atoms with Crippen molar-refractivity contribution in [1.82, 2.24) is 5.32 Å². The number of nitrogens with one attached hydrogen (secondary N) is 1. The van der Waals surface area contributed by atoms with Crippen LogP contribution in [0.3, 0.4) is 0 Å². The second kappa shape index (κ2) is 7.40. The topological polar surface area (TPSA) is 95.9 Å². The number of hydrogen-bond donors (Lipinski definition) is 3. The molecule has 0 aromatic carbocycles. The summed E-state index contributed by atoms with van der Waals surface area (Å²) in [7, 11) is -1.23. The molecule has 0 radical (unpaired) electrons. The summed E-state index contributed by atoms with van der Waals surface area (Å²) in [5.41, 5.74) is 0. The number of aliphatic carboxylic acids is 1. The Kier molecular flexibility index (Phi) is 5.55. The second-order valence-corrected chi connectivity index (χ2v) is 5.79. The maximum atomic E-state index is 11.9. The Morgan fingerprint density at radius 1 is 1.52 bits per heavy atom. The van der Waals surface area contributed by atoms with Crippen molar-refractivity contribution in [1.29, 1.82) is 0 Å². The van der Waals surface area contributed by atoms with Gasteiger partial charge in [0.2, 0.25) is 5.91 Å². The SMILES string of the molecule is O=C(O)C[C@@H]1C=CC[C@H](NC(=O)Cc2cccs2)B(O)O1. The van der Waals surface area contributed by atoms with Crippen LogP contribution in [-0.4, -0.2) is 41.2 Å². The predicted molar refractivity (Wildman–Crippen MR) is 78.8 cm³/mol. The molecule has 2 heterocycles. The van der Waals surface area contributed by atoms with Gasteiger partial charge in [0.05, 0.1) is 24.9 Å². The van der Waals surface area contributed by atoms with Crippen LogP contribution in [0.1, 0.15) is 17.7 Å². The first kappa shape index (κ1) is 15.7. The molecular weight excluding hydrogens is 293 g/mol. The molecular formula is C13H16BNO5S. The number of carboxylic acid groups (broad SMARTS) is 1. The van der Waals surface area contributed by atoms with Gasteiger partial charge in [-0.25, -0.2) is 0 Å². The molecule has 1 aliphatic heterocycles. The molecule has 6 nitrogen and oxygen atoms in total. The van der Waals surface area contributed by atoms with Gasteiger partial charge in [0, 0.05) is 4.88 Å². The van der Waals surface area contributed by atoms with Crippen molar-refractivity contribution in [3.8, 4) is 0 Å². The van der Waals surface area contributed by atoms with E-state index in [4.69, 9.17) is 9.76 Å². The van der Waals surface area contributed by atoms with Crippen molar-refractivity contribution in [3.05, 3.63) is 34.5 Å². The molecule has 0 unspecified atom stereocenters. The first-order valence-corrected chi connectivity index (χ1v) is 7.46. The van der Waals surface area contributed by atoms with Crippen LogP contribution in [0.25, 0.3) is 0 Å². The van der Waals surface area contributed by atoms with Gasteiger partial charge in [-0.2, -0.15) is 0 Å². The molecule has 21 heavy (non-hydrogen) atoms. The van der Waals surface area contributed by atoms with Gasteiger partial charge in [-0.1, -0.05) is 18.2 Å². The first-order chi connectivity index (χ1) is 10.0. The smallest absolute Gasteiger partial charge is 0.478 e. The summed E-state index contributed by atoms with van der Waals surface area (Å²) in [6.07, 6.45) is 3.07. The number of carboxylic acids is 1. The Hall–Kier alpha value is -1.64. The average molecular weight is 309 g/mol. The van der Waals surface area contributed by atoms with Crippen molar-refractivity contribution in [2.24, 2.45) is 0 Å². The van der Waals surface area contributed by atoms with Crippen LogP contribution in [0.2, 0.25) is 0 Å². The number of rotatable bonds is 5. The molecule has 2 rings (SSSR count). The fourth-order valence-electron chi connectivity index (χ4n) is 2.06. The number of carbonyl (C=O) groups is 2. The van der Waals surface area contributed by atoms with Gasteiger partial charge < -0.3 is 20.1 Å². The molecule has 0 fully saturated rings. The van der Waals surface area contributed by atoms with E-state index in [9.17, 15) is 14.6 Å². The van der Waals surface area contributed by atoms with Gasteiger partial charge >= 0.3 is 13.1 Å². The van der Waals surface area contributed by atoms with Crippen LogP contribution < -0.4 is 5.32 Å². The minimum Gasteiger partial charge on any atom is -0.481 e. The Morgan fingerprint density at radius 3 is 3.00 bits per heavy atom. The van der Waals surface area contributed by atoms with E-state index >= 15 is 0 Å². The third-order valence-corrected chi connectivity index (χ3v) is 3.91. The lowest BCUT2D eigenvalue weighted by Crippen LogP contribution is -2.48. The highest BCUT2D eigenvalue weighted by atomic mass is 32.1. The molecule has 1 aromatic heterocycles. The van der Waals surface area contributed by atoms with Crippen LogP contribution in [0, 0.1) is 0 Å². The lowest BCUT2D eigenvalue weighted by atomic mass is 9.77. The van der Waals surface area contributed by atoms with E-state index in [1.165, 1.54) is 11.3 Å². The predicted octanol–water partition coefficient (Wildman–Crippen LogP) is 0.615. The third-order valence-electron chi connectivity index (χ3n) is 3.04. The molecule has 1 aromatic rings. The van der Waals surface area contributed by atoms with E-state index < -0.39 is 25.1 Å². The van der Waals surface area contributed by atoms with E-state index in [-0.39, 0.29) is 18.7 Å². The number of carbonyl (C=O) groups excluding carboxylic acids is 1. The zero-order chi connectivity index (χ0) is 15.2. The zero-order valence-electron chi connectivity index (χ0n) is 11.3. The van der Waals surface area contributed by atoms with E-state index in [0.29, 0.717) is 6.42 Å². The summed E-state index contributed by atoms with van der Waals surface area (Å²) < 4.78 is 5.25. The molecule has 0 bridgehead atoms. The summed E-state index contributed by atoms with van der Waals surface area (Å²) in [5.74, 6) is -1.78. The summed E-state index contributed by atoms with van der Waals surface area (Å²) in [4.78, 5) is 23.5. The Bertz CT molecular complexity index is 519. The molecule has 2 atom stereocenters. The highest BCUT2D eigenvalue weighted by molar-refractivity contribution is 7.10. The van der Waals surface area contributed by atoms with Gasteiger partial charge in [-0.15, -0.1) is 11.3 Å². The molecule has 3 N–H and O–H groups in total. The third kappa shape index (κ3) is 5.00. The standard InChI is InChI=1S/C13H16BNO5S/c16-12(8-10-4-2-6-21-10)15-11-5-1-3-9(7-13(17)18)20-14(11)19/h1-4,6,9,11,19H,5,7-8H2,(H,15,16)(H,17,18)/t9-,11-/m0/s1. The molecule has 0 saturated carbocycles. The van der Waals surface area contributed by atoms with Crippen LogP contribution >= 0.6 is 11.3 Å². The van der Waals surface area contributed by atoms with Crippen molar-refractivity contribution >= 4 is 30.3 Å². The van der Waals surface area contributed by atoms with Crippen LogP contribution in [-0.2, 0) is 20.7 Å². The molecule has 0 saturated heterocycles. The lowest BCUT2D eigenvalue weighted by Gasteiger charge is -2.20. The van der Waals surface area contributed by atoms with E-state index in [1.54, 1.807) is 12.2 Å². The monoisotopic (exact) mass is 309 g/mol. The number of amides is 1. The molecule has 0 spiro atoms. The van der Waals surface area contributed by atoms with Crippen molar-refractivity contribution in [2.75, 3.05) is 0 Å². The van der Waals surface area contributed by atoms with Crippen LogP contribution in [0.4, 0.5) is 0 Å². The lowest BCUT2D eigenvalue weighted by molar-refractivity contribution is -0.138. The largest absolute Gasteiger partial charge is 0.481 e. The summed E-state index contributed by atoms with van der Waals surface area (Å²) >= 11 is 1.49. The minimum atomic E-state index is -1.23. The van der Waals surface area contributed by atoms with E-state index in [1.807, 2.05) is 17.5 Å². The molecule has 1 aliphatic rings. The minimum absolute atomic E-state index is 0.199. The summed E-state index contributed by atoms with van der Waals surface area (Å²) in [5, 5.41) is 23.3. The van der Waals surface area contributed by atoms with Gasteiger partial charge in [0.15, 0.2) is 0 Å². The molecule has 1 amide bonds. The molecule has 8 heteroatoms. The Balaban J connectivity index is 1.87. The Morgan fingerprint density at radius 2 is 2.33 bits per heavy atom. The average Bonchev–Trinajstić information content (AvgIpc) is 2.83. The van der Waals surface area contributed by atoms with E-state index in [2.05, 4.69) is 5.32 Å². The molecule has 0 aliphatic carbocycles. The fraction of sp³-hybridized carbons (Fsp3) is 0.385. The fourth-order valence-corrected chi connectivity index (χ4v) is 2.76.